The van der Waals surface area contributed by atoms with Crippen LogP contribution in [0.2, 0.25) is 5.02 Å². The summed E-state index contributed by atoms with van der Waals surface area (Å²) in [6, 6.07) is 11.4. The Kier molecular flexibility index (Phi) is 7.93. The monoisotopic (exact) mass is 458 g/mol. The van der Waals surface area contributed by atoms with Gasteiger partial charge in [-0.2, -0.15) is 0 Å². The maximum Gasteiger partial charge on any atom is 0.353 e. The minimum Gasteiger partial charge on any atom is -0.478 e. The highest BCUT2D eigenvalue weighted by molar-refractivity contribution is 7.10. The molecule has 7 heteroatoms. The normalized spacial score (nSPS) is 13.4. The fourth-order valence-electron chi connectivity index (χ4n) is 3.26. The van der Waals surface area contributed by atoms with Gasteiger partial charge in [-0.1, -0.05) is 49.2 Å². The Hall–Kier alpha value is -2.57. The molecule has 3 aromatic rings. The zero-order chi connectivity index (χ0) is 22.3. The minimum absolute atomic E-state index is 0.573. The van der Waals surface area contributed by atoms with Crippen LogP contribution in [-0.2, 0) is 34.5 Å². The molecule has 164 valence electrons. The zero-order valence-electron chi connectivity index (χ0n) is 17.8. The average molecular weight is 459 g/mol. The number of carboxylic acid groups (broad SMARTS) is 1. The van der Waals surface area contributed by atoms with Gasteiger partial charge in [0.2, 0.25) is 5.60 Å². The standard InChI is InChI=1S/C24H27ClN2O3S/c1-3-4-13-22-26-16-19(27(22)17-18-9-5-6-11-20(18)25)10-7-14-30-24(2,23(28)29)21-12-8-15-31-21/h5-9,11-12,14-16H,3-4,10,13,17H2,1-2H3,(H,28,29)/b14-7+. The molecule has 0 radical (unpaired) electrons. The van der Waals surface area contributed by atoms with E-state index in [-0.39, 0.29) is 0 Å². The molecule has 0 aliphatic carbocycles. The van der Waals surface area contributed by atoms with Gasteiger partial charge in [0.25, 0.3) is 0 Å². The van der Waals surface area contributed by atoms with Crippen LogP contribution in [0.4, 0.5) is 0 Å². The fraction of sp³-hybridized carbons (Fsp3) is 0.333. The fourth-order valence-corrected chi connectivity index (χ4v) is 4.27. The van der Waals surface area contributed by atoms with Crippen molar-refractivity contribution >= 4 is 28.9 Å². The molecule has 1 N–H and O–H groups in total. The van der Waals surface area contributed by atoms with Crippen molar-refractivity contribution in [1.82, 2.24) is 9.55 Å². The van der Waals surface area contributed by atoms with Crippen LogP contribution in [-0.4, -0.2) is 20.6 Å². The number of hydrogen-bond donors (Lipinski definition) is 1. The second-order valence-corrected chi connectivity index (χ2v) is 8.81. The quantitative estimate of drug-likeness (QED) is 0.354. The molecule has 5 nitrogen and oxygen atoms in total. The van der Waals surface area contributed by atoms with Gasteiger partial charge in [-0.25, -0.2) is 9.78 Å². The van der Waals surface area contributed by atoms with E-state index in [1.165, 1.54) is 17.6 Å². The van der Waals surface area contributed by atoms with Gasteiger partial charge >= 0.3 is 5.97 Å². The van der Waals surface area contributed by atoms with E-state index in [9.17, 15) is 9.90 Å². The van der Waals surface area contributed by atoms with E-state index < -0.39 is 11.6 Å². The van der Waals surface area contributed by atoms with Crippen LogP contribution in [0.25, 0.3) is 0 Å². The number of imidazole rings is 1. The van der Waals surface area contributed by atoms with Gasteiger partial charge in [-0.3, -0.25) is 0 Å². The van der Waals surface area contributed by atoms with Gasteiger partial charge in [-0.15, -0.1) is 11.3 Å². The minimum atomic E-state index is -1.41. The molecular formula is C24H27ClN2O3S. The number of nitrogens with zero attached hydrogens (tertiary/aromatic N) is 2. The summed E-state index contributed by atoms with van der Waals surface area (Å²) in [5, 5.41) is 12.2. The van der Waals surface area contributed by atoms with Crippen LogP contribution < -0.4 is 0 Å². The van der Waals surface area contributed by atoms with Crippen LogP contribution in [0.5, 0.6) is 0 Å². The number of aromatic nitrogens is 2. The molecule has 31 heavy (non-hydrogen) atoms. The van der Waals surface area contributed by atoms with E-state index in [2.05, 4.69) is 16.5 Å². The average Bonchev–Trinajstić information content (AvgIpc) is 3.42. The smallest absolute Gasteiger partial charge is 0.353 e. The number of halogens is 1. The zero-order valence-corrected chi connectivity index (χ0v) is 19.3. The van der Waals surface area contributed by atoms with E-state index in [1.807, 2.05) is 48.0 Å². The number of benzene rings is 1. The molecule has 0 aliphatic heterocycles. The molecule has 1 aromatic carbocycles. The molecule has 0 fully saturated rings. The molecule has 2 heterocycles. The van der Waals surface area contributed by atoms with Crippen LogP contribution >= 0.6 is 22.9 Å². The maximum atomic E-state index is 11.8. The Labute approximate surface area is 192 Å². The summed E-state index contributed by atoms with van der Waals surface area (Å²) in [7, 11) is 0. The first-order valence-corrected chi connectivity index (χ1v) is 11.6. The van der Waals surface area contributed by atoms with Crippen LogP contribution in [0, 0.1) is 0 Å². The van der Waals surface area contributed by atoms with E-state index in [4.69, 9.17) is 16.3 Å². The lowest BCUT2D eigenvalue weighted by molar-refractivity contribution is -0.158. The molecule has 0 saturated carbocycles. The predicted octanol–water partition coefficient (Wildman–Crippen LogP) is 6.06. The van der Waals surface area contributed by atoms with Crippen molar-refractivity contribution in [2.45, 2.75) is 51.7 Å². The summed E-state index contributed by atoms with van der Waals surface area (Å²) in [5.74, 6) is 0.00487. The van der Waals surface area contributed by atoms with Crippen LogP contribution in [0.15, 0.2) is 60.3 Å². The largest absolute Gasteiger partial charge is 0.478 e. The number of allylic oxidation sites excluding steroid dienone is 1. The number of carbonyl (C=O) groups is 1. The first kappa shape index (κ1) is 23.1. The summed E-state index contributed by atoms with van der Waals surface area (Å²) < 4.78 is 7.88. The molecule has 1 unspecified atom stereocenters. The number of unbranched alkanes of at least 4 members (excludes halogenated alkanes) is 1. The Morgan fingerprint density at radius 3 is 2.81 bits per heavy atom. The summed E-state index contributed by atoms with van der Waals surface area (Å²) in [5.41, 5.74) is 0.658. The highest BCUT2D eigenvalue weighted by atomic mass is 35.5. The highest BCUT2D eigenvalue weighted by Crippen LogP contribution is 2.30. The SMILES string of the molecule is CCCCc1ncc(C/C=C/OC(C)(C(=O)O)c2cccs2)n1Cc1ccccc1Cl. The second kappa shape index (κ2) is 10.6. The molecule has 0 amide bonds. The van der Waals surface area contributed by atoms with Crippen molar-refractivity contribution in [3.05, 3.63) is 87.3 Å². The predicted molar refractivity (Wildman–Crippen MR) is 125 cm³/mol. The Balaban J connectivity index is 1.77. The van der Waals surface area contributed by atoms with Crippen molar-refractivity contribution in [2.24, 2.45) is 0 Å². The molecule has 0 aliphatic rings. The third-order valence-electron chi connectivity index (χ3n) is 5.19. The molecule has 1 atom stereocenters. The Bertz CT molecular complexity index is 1030. The van der Waals surface area contributed by atoms with E-state index in [0.29, 0.717) is 17.8 Å². The van der Waals surface area contributed by atoms with Crippen LogP contribution in [0.3, 0.4) is 0 Å². The van der Waals surface area contributed by atoms with Gasteiger partial charge in [0, 0.05) is 29.8 Å². The maximum absolute atomic E-state index is 11.8. The second-order valence-electron chi connectivity index (χ2n) is 7.46. The number of hydrogen-bond acceptors (Lipinski definition) is 4. The molecule has 0 saturated heterocycles. The van der Waals surface area contributed by atoms with E-state index >= 15 is 0 Å². The lowest BCUT2D eigenvalue weighted by Gasteiger charge is -2.22. The number of rotatable bonds is 11. The number of aryl methyl sites for hydroxylation is 1. The summed E-state index contributed by atoms with van der Waals surface area (Å²) in [6.45, 7) is 4.37. The molecular weight excluding hydrogens is 432 g/mol. The van der Waals surface area contributed by atoms with Gasteiger partial charge in [-0.05, 0) is 42.5 Å². The lowest BCUT2D eigenvalue weighted by atomic mass is 10.1. The molecule has 0 bridgehead atoms. The number of ether oxygens (including phenoxy) is 1. The van der Waals surface area contributed by atoms with Crippen molar-refractivity contribution < 1.29 is 14.6 Å². The Morgan fingerprint density at radius 1 is 1.32 bits per heavy atom. The molecule has 3 rings (SSSR count). The van der Waals surface area contributed by atoms with Gasteiger partial charge < -0.3 is 14.4 Å². The van der Waals surface area contributed by atoms with Crippen molar-refractivity contribution in [3.63, 3.8) is 0 Å². The van der Waals surface area contributed by atoms with Crippen molar-refractivity contribution in [3.8, 4) is 0 Å². The van der Waals surface area contributed by atoms with Crippen molar-refractivity contribution in [2.75, 3.05) is 0 Å². The van der Waals surface area contributed by atoms with Gasteiger partial charge in [0.05, 0.1) is 17.7 Å². The van der Waals surface area contributed by atoms with Crippen molar-refractivity contribution in [1.29, 1.82) is 0 Å². The summed E-state index contributed by atoms with van der Waals surface area (Å²) in [4.78, 5) is 17.1. The third-order valence-corrected chi connectivity index (χ3v) is 6.63. The molecule has 2 aromatic heterocycles. The lowest BCUT2D eigenvalue weighted by Crippen LogP contribution is -2.33. The van der Waals surface area contributed by atoms with Gasteiger partial charge in [0.15, 0.2) is 0 Å². The summed E-state index contributed by atoms with van der Waals surface area (Å²) >= 11 is 7.75. The van der Waals surface area contributed by atoms with E-state index in [1.54, 1.807) is 13.0 Å². The number of thiophene rings is 1. The molecule has 0 spiro atoms. The van der Waals surface area contributed by atoms with Gasteiger partial charge in [0.1, 0.15) is 5.82 Å². The topological polar surface area (TPSA) is 64.3 Å². The van der Waals surface area contributed by atoms with Crippen LogP contribution in [0.1, 0.15) is 48.6 Å². The number of carboxylic acids is 1. The number of aliphatic carboxylic acids is 1. The Morgan fingerprint density at radius 2 is 2.13 bits per heavy atom. The third kappa shape index (κ3) is 5.57. The van der Waals surface area contributed by atoms with E-state index in [0.717, 1.165) is 41.4 Å². The summed E-state index contributed by atoms with van der Waals surface area (Å²) in [6.07, 6.45) is 8.82. The first-order chi connectivity index (χ1) is 15.0. The first-order valence-electron chi connectivity index (χ1n) is 10.3. The highest BCUT2D eigenvalue weighted by Gasteiger charge is 2.37.